The highest BCUT2D eigenvalue weighted by atomic mass is 16.5. The van der Waals surface area contributed by atoms with E-state index in [4.69, 9.17) is 0 Å². The molecule has 1 fully saturated rings. The van der Waals surface area contributed by atoms with Gasteiger partial charge in [-0.2, -0.15) is 0 Å². The Labute approximate surface area is 103 Å². The van der Waals surface area contributed by atoms with E-state index in [2.05, 4.69) is 9.64 Å². The van der Waals surface area contributed by atoms with Crippen molar-refractivity contribution in [1.82, 2.24) is 9.80 Å². The average Bonchev–Trinajstić information content (AvgIpc) is 2.71. The molecule has 0 N–H and O–H groups in total. The molecule has 1 unspecified atom stereocenters. The summed E-state index contributed by atoms with van der Waals surface area (Å²) in [6.45, 7) is 5.61. The second-order valence-corrected chi connectivity index (χ2v) is 4.88. The third-order valence-electron chi connectivity index (χ3n) is 3.17. The molecule has 0 aromatic rings. The summed E-state index contributed by atoms with van der Waals surface area (Å²) < 4.78 is 4.62. The number of rotatable bonds is 4. The standard InChI is InChI=1S/C12H22N2O3/c1-9(2)14(8-11(15)17-4)12(16)10-5-6-13(3)7-10/h9-10H,5-8H2,1-4H3. The number of methoxy groups -OCH3 is 1. The molecular weight excluding hydrogens is 220 g/mol. The number of esters is 1. The number of nitrogens with zero attached hydrogens (tertiary/aromatic N) is 2. The third-order valence-corrected chi connectivity index (χ3v) is 3.17. The average molecular weight is 242 g/mol. The lowest BCUT2D eigenvalue weighted by Gasteiger charge is -2.28. The topological polar surface area (TPSA) is 49.9 Å². The smallest absolute Gasteiger partial charge is 0.325 e. The Kier molecular flexibility index (Phi) is 4.93. The summed E-state index contributed by atoms with van der Waals surface area (Å²) in [6.07, 6.45) is 0.875. The Morgan fingerprint density at radius 1 is 1.47 bits per heavy atom. The van der Waals surface area contributed by atoms with E-state index >= 15 is 0 Å². The van der Waals surface area contributed by atoms with E-state index in [1.54, 1.807) is 4.90 Å². The monoisotopic (exact) mass is 242 g/mol. The Balaban J connectivity index is 2.63. The van der Waals surface area contributed by atoms with Crippen LogP contribution in [0, 0.1) is 5.92 Å². The Morgan fingerprint density at radius 3 is 2.53 bits per heavy atom. The molecule has 0 bridgehead atoms. The minimum absolute atomic E-state index is 0.0204. The molecule has 0 radical (unpaired) electrons. The highest BCUT2D eigenvalue weighted by Gasteiger charge is 2.31. The summed E-state index contributed by atoms with van der Waals surface area (Å²) in [5.41, 5.74) is 0. The van der Waals surface area contributed by atoms with Crippen LogP contribution in [0.1, 0.15) is 20.3 Å². The summed E-state index contributed by atoms with van der Waals surface area (Å²) >= 11 is 0. The molecule has 0 saturated carbocycles. The van der Waals surface area contributed by atoms with E-state index in [0.717, 1.165) is 19.5 Å². The number of amides is 1. The molecule has 0 spiro atoms. The van der Waals surface area contributed by atoms with Gasteiger partial charge < -0.3 is 14.5 Å². The second kappa shape index (κ2) is 6.00. The largest absolute Gasteiger partial charge is 0.468 e. The van der Waals surface area contributed by atoms with Crippen LogP contribution in [0.4, 0.5) is 0 Å². The highest BCUT2D eigenvalue weighted by Crippen LogP contribution is 2.18. The molecule has 1 amide bonds. The predicted octanol–water partition coefficient (Wildman–Crippen LogP) is 0.348. The van der Waals surface area contributed by atoms with Crippen LogP contribution in [0.25, 0.3) is 0 Å². The fourth-order valence-corrected chi connectivity index (χ4v) is 2.09. The molecule has 98 valence electrons. The number of likely N-dealkylation sites (tertiary alicyclic amines) is 1. The van der Waals surface area contributed by atoms with E-state index in [9.17, 15) is 9.59 Å². The van der Waals surface area contributed by atoms with Gasteiger partial charge in [-0.3, -0.25) is 9.59 Å². The first-order valence-corrected chi connectivity index (χ1v) is 6.01. The van der Waals surface area contributed by atoms with Crippen LogP contribution in [0.3, 0.4) is 0 Å². The van der Waals surface area contributed by atoms with Crippen molar-refractivity contribution in [2.75, 3.05) is 33.8 Å². The van der Waals surface area contributed by atoms with Crippen LogP contribution in [-0.2, 0) is 14.3 Å². The van der Waals surface area contributed by atoms with E-state index < -0.39 is 0 Å². The fourth-order valence-electron chi connectivity index (χ4n) is 2.09. The maximum Gasteiger partial charge on any atom is 0.325 e. The molecule has 1 saturated heterocycles. The van der Waals surface area contributed by atoms with Gasteiger partial charge in [0.15, 0.2) is 0 Å². The summed E-state index contributed by atoms with van der Waals surface area (Å²) in [5, 5.41) is 0. The van der Waals surface area contributed by atoms with Crippen molar-refractivity contribution in [3.8, 4) is 0 Å². The predicted molar refractivity (Wildman–Crippen MR) is 64.5 cm³/mol. The lowest BCUT2D eigenvalue weighted by Crippen LogP contribution is -2.44. The van der Waals surface area contributed by atoms with Gasteiger partial charge in [0.1, 0.15) is 6.54 Å². The zero-order valence-corrected chi connectivity index (χ0v) is 11.1. The molecule has 5 heteroatoms. The Hall–Kier alpha value is -1.10. The van der Waals surface area contributed by atoms with Crippen molar-refractivity contribution in [1.29, 1.82) is 0 Å². The van der Waals surface area contributed by atoms with E-state index in [-0.39, 0.29) is 30.4 Å². The first-order valence-electron chi connectivity index (χ1n) is 6.01. The number of carbonyl (C=O) groups excluding carboxylic acids is 2. The van der Waals surface area contributed by atoms with Gasteiger partial charge in [0.05, 0.1) is 13.0 Å². The SMILES string of the molecule is COC(=O)CN(C(=O)C1CCN(C)C1)C(C)C. The van der Waals surface area contributed by atoms with Crippen molar-refractivity contribution < 1.29 is 14.3 Å². The van der Waals surface area contributed by atoms with Gasteiger partial charge in [0.25, 0.3) is 0 Å². The number of hydrogen-bond acceptors (Lipinski definition) is 4. The molecule has 5 nitrogen and oxygen atoms in total. The summed E-state index contributed by atoms with van der Waals surface area (Å²) in [4.78, 5) is 27.3. The maximum atomic E-state index is 12.3. The molecule has 0 aromatic heterocycles. The van der Waals surface area contributed by atoms with Gasteiger partial charge >= 0.3 is 5.97 Å². The van der Waals surface area contributed by atoms with Gasteiger partial charge in [-0.05, 0) is 33.9 Å². The molecule has 1 heterocycles. The molecule has 0 aliphatic carbocycles. The number of carbonyl (C=O) groups is 2. The van der Waals surface area contributed by atoms with E-state index in [0.29, 0.717) is 0 Å². The maximum absolute atomic E-state index is 12.3. The zero-order valence-electron chi connectivity index (χ0n) is 11.1. The first kappa shape index (κ1) is 14.0. The first-order chi connectivity index (χ1) is 7.95. The number of ether oxygens (including phenoxy) is 1. The minimum Gasteiger partial charge on any atom is -0.468 e. The lowest BCUT2D eigenvalue weighted by molar-refractivity contribution is -0.149. The minimum atomic E-state index is -0.363. The molecule has 1 rings (SSSR count). The molecule has 1 atom stereocenters. The lowest BCUT2D eigenvalue weighted by atomic mass is 10.1. The third kappa shape index (κ3) is 3.70. The molecular formula is C12H22N2O3. The Morgan fingerprint density at radius 2 is 2.12 bits per heavy atom. The van der Waals surface area contributed by atoms with Gasteiger partial charge in [-0.15, -0.1) is 0 Å². The number of hydrogen-bond donors (Lipinski definition) is 0. The summed E-state index contributed by atoms with van der Waals surface area (Å²) in [6, 6.07) is 0.0208. The summed E-state index contributed by atoms with van der Waals surface area (Å²) in [7, 11) is 3.35. The van der Waals surface area contributed by atoms with Gasteiger partial charge in [-0.1, -0.05) is 0 Å². The van der Waals surface area contributed by atoms with Crippen molar-refractivity contribution in [2.24, 2.45) is 5.92 Å². The van der Waals surface area contributed by atoms with Crippen LogP contribution in [0.2, 0.25) is 0 Å². The van der Waals surface area contributed by atoms with Gasteiger partial charge in [0.2, 0.25) is 5.91 Å². The summed E-state index contributed by atoms with van der Waals surface area (Å²) in [5.74, 6) is -0.278. The van der Waals surface area contributed by atoms with Crippen molar-refractivity contribution in [3.63, 3.8) is 0 Å². The molecule has 1 aliphatic heterocycles. The van der Waals surface area contributed by atoms with Crippen LogP contribution in [0.5, 0.6) is 0 Å². The van der Waals surface area contributed by atoms with Gasteiger partial charge in [-0.25, -0.2) is 0 Å². The van der Waals surface area contributed by atoms with Crippen LogP contribution in [0.15, 0.2) is 0 Å². The quantitative estimate of drug-likeness (QED) is 0.667. The van der Waals surface area contributed by atoms with Crippen LogP contribution >= 0.6 is 0 Å². The fraction of sp³-hybridized carbons (Fsp3) is 0.833. The highest BCUT2D eigenvalue weighted by molar-refractivity contribution is 5.84. The van der Waals surface area contributed by atoms with Crippen molar-refractivity contribution >= 4 is 11.9 Å². The molecule has 1 aliphatic rings. The van der Waals surface area contributed by atoms with E-state index in [1.807, 2.05) is 20.9 Å². The second-order valence-electron chi connectivity index (χ2n) is 4.88. The Bertz CT molecular complexity index is 291. The van der Waals surface area contributed by atoms with E-state index in [1.165, 1.54) is 7.11 Å². The van der Waals surface area contributed by atoms with Crippen molar-refractivity contribution in [2.45, 2.75) is 26.3 Å². The van der Waals surface area contributed by atoms with Crippen LogP contribution < -0.4 is 0 Å². The van der Waals surface area contributed by atoms with Crippen molar-refractivity contribution in [3.05, 3.63) is 0 Å². The van der Waals surface area contributed by atoms with Gasteiger partial charge in [0, 0.05) is 12.6 Å². The molecule has 0 aromatic carbocycles. The van der Waals surface area contributed by atoms with Crippen LogP contribution in [-0.4, -0.2) is 61.5 Å². The molecule has 17 heavy (non-hydrogen) atoms. The zero-order chi connectivity index (χ0) is 13.0. The normalized spacial score (nSPS) is 20.6.